The van der Waals surface area contributed by atoms with E-state index in [0.717, 1.165) is 36.5 Å². The van der Waals surface area contributed by atoms with Crippen LogP contribution in [0.3, 0.4) is 0 Å². The van der Waals surface area contributed by atoms with Crippen LogP contribution in [0.5, 0.6) is 11.5 Å². The number of rotatable bonds is 4. The van der Waals surface area contributed by atoms with Crippen molar-refractivity contribution in [2.75, 3.05) is 20.3 Å². The molecule has 1 aromatic carbocycles. The second-order valence-electron chi connectivity index (χ2n) is 4.65. The molecular weight excluding hydrogens is 230 g/mol. The standard InChI is InChI=1S/C14H21NO3/c1-10(15)13-6-5-11(16-2)8-14(13)18-12-4-3-7-17-9-12/h5-6,8,10,12H,3-4,7,9,15H2,1-2H3/t10-,12?/m1/s1. The minimum Gasteiger partial charge on any atom is -0.497 e. The summed E-state index contributed by atoms with van der Waals surface area (Å²) in [6.45, 7) is 3.43. The van der Waals surface area contributed by atoms with Crippen LogP contribution < -0.4 is 15.2 Å². The van der Waals surface area contributed by atoms with E-state index in [1.807, 2.05) is 25.1 Å². The maximum atomic E-state index is 6.01. The van der Waals surface area contributed by atoms with Crippen LogP contribution in [0, 0.1) is 0 Å². The number of nitrogens with two attached hydrogens (primary N) is 1. The molecule has 2 atom stereocenters. The Morgan fingerprint density at radius 1 is 1.44 bits per heavy atom. The first-order valence-electron chi connectivity index (χ1n) is 6.38. The fourth-order valence-corrected chi connectivity index (χ4v) is 2.10. The predicted octanol–water partition coefficient (Wildman–Crippen LogP) is 2.27. The molecule has 18 heavy (non-hydrogen) atoms. The summed E-state index contributed by atoms with van der Waals surface area (Å²) in [5.41, 5.74) is 6.96. The molecule has 0 spiro atoms. The second-order valence-corrected chi connectivity index (χ2v) is 4.65. The van der Waals surface area contributed by atoms with Gasteiger partial charge in [0.15, 0.2) is 0 Å². The Morgan fingerprint density at radius 2 is 2.28 bits per heavy atom. The molecule has 0 saturated carbocycles. The fraction of sp³-hybridized carbons (Fsp3) is 0.571. The summed E-state index contributed by atoms with van der Waals surface area (Å²) in [5, 5.41) is 0. The molecule has 2 N–H and O–H groups in total. The highest BCUT2D eigenvalue weighted by Crippen LogP contribution is 2.30. The first-order chi connectivity index (χ1) is 8.70. The zero-order chi connectivity index (χ0) is 13.0. The molecule has 1 fully saturated rings. The summed E-state index contributed by atoms with van der Waals surface area (Å²) in [7, 11) is 1.65. The van der Waals surface area contributed by atoms with E-state index in [9.17, 15) is 0 Å². The van der Waals surface area contributed by atoms with Crippen molar-refractivity contribution in [3.8, 4) is 11.5 Å². The maximum absolute atomic E-state index is 6.01. The van der Waals surface area contributed by atoms with E-state index >= 15 is 0 Å². The number of ether oxygens (including phenoxy) is 3. The van der Waals surface area contributed by atoms with E-state index < -0.39 is 0 Å². The minimum atomic E-state index is -0.0598. The van der Waals surface area contributed by atoms with Crippen molar-refractivity contribution < 1.29 is 14.2 Å². The van der Waals surface area contributed by atoms with Crippen molar-refractivity contribution in [3.05, 3.63) is 23.8 Å². The molecule has 2 rings (SSSR count). The van der Waals surface area contributed by atoms with Gasteiger partial charge >= 0.3 is 0 Å². The lowest BCUT2D eigenvalue weighted by Crippen LogP contribution is -2.28. The average Bonchev–Trinajstić information content (AvgIpc) is 2.39. The Bertz CT molecular complexity index is 387. The third-order valence-electron chi connectivity index (χ3n) is 3.12. The maximum Gasteiger partial charge on any atom is 0.128 e. The molecule has 0 amide bonds. The summed E-state index contributed by atoms with van der Waals surface area (Å²) >= 11 is 0. The zero-order valence-electron chi connectivity index (χ0n) is 11.0. The Kier molecular flexibility index (Phi) is 4.44. The van der Waals surface area contributed by atoms with E-state index in [0.29, 0.717) is 6.61 Å². The van der Waals surface area contributed by atoms with Crippen LogP contribution in [0.4, 0.5) is 0 Å². The van der Waals surface area contributed by atoms with Crippen LogP contribution in [0.25, 0.3) is 0 Å². The van der Waals surface area contributed by atoms with E-state index in [1.165, 1.54) is 0 Å². The van der Waals surface area contributed by atoms with Crippen molar-refractivity contribution >= 4 is 0 Å². The van der Waals surface area contributed by atoms with Gasteiger partial charge in [0.25, 0.3) is 0 Å². The van der Waals surface area contributed by atoms with Gasteiger partial charge in [0.1, 0.15) is 17.6 Å². The van der Waals surface area contributed by atoms with Gasteiger partial charge in [0, 0.05) is 24.3 Å². The SMILES string of the molecule is COc1ccc([C@@H](C)N)c(OC2CCCOC2)c1. The van der Waals surface area contributed by atoms with Gasteiger partial charge in [-0.25, -0.2) is 0 Å². The summed E-state index contributed by atoms with van der Waals surface area (Å²) in [4.78, 5) is 0. The Labute approximate surface area is 108 Å². The molecule has 0 radical (unpaired) electrons. The second kappa shape index (κ2) is 6.07. The third kappa shape index (κ3) is 3.15. The first-order valence-corrected chi connectivity index (χ1v) is 6.38. The fourth-order valence-electron chi connectivity index (χ4n) is 2.10. The third-order valence-corrected chi connectivity index (χ3v) is 3.12. The van der Waals surface area contributed by atoms with E-state index in [2.05, 4.69) is 0 Å². The lowest BCUT2D eigenvalue weighted by atomic mass is 10.1. The minimum absolute atomic E-state index is 0.0598. The smallest absolute Gasteiger partial charge is 0.128 e. The van der Waals surface area contributed by atoms with Crippen LogP contribution in [-0.2, 0) is 4.74 Å². The molecule has 0 aromatic heterocycles. The van der Waals surface area contributed by atoms with Gasteiger partial charge in [-0.05, 0) is 25.8 Å². The highest BCUT2D eigenvalue weighted by Gasteiger charge is 2.18. The number of hydrogen-bond donors (Lipinski definition) is 1. The molecule has 0 bridgehead atoms. The lowest BCUT2D eigenvalue weighted by Gasteiger charge is -2.25. The highest BCUT2D eigenvalue weighted by molar-refractivity contribution is 5.42. The van der Waals surface area contributed by atoms with Crippen molar-refractivity contribution in [2.24, 2.45) is 5.73 Å². The molecule has 1 aliphatic rings. The van der Waals surface area contributed by atoms with Gasteiger partial charge in [-0.3, -0.25) is 0 Å². The van der Waals surface area contributed by atoms with E-state index in [4.69, 9.17) is 19.9 Å². The number of methoxy groups -OCH3 is 1. The quantitative estimate of drug-likeness (QED) is 0.892. The molecular formula is C14H21NO3. The molecule has 1 saturated heterocycles. The van der Waals surface area contributed by atoms with Crippen molar-refractivity contribution in [1.29, 1.82) is 0 Å². The highest BCUT2D eigenvalue weighted by atomic mass is 16.5. The van der Waals surface area contributed by atoms with Crippen LogP contribution in [-0.4, -0.2) is 26.4 Å². The molecule has 4 nitrogen and oxygen atoms in total. The summed E-state index contributed by atoms with van der Waals surface area (Å²) in [5.74, 6) is 1.59. The van der Waals surface area contributed by atoms with Crippen LogP contribution in [0.15, 0.2) is 18.2 Å². The van der Waals surface area contributed by atoms with E-state index in [1.54, 1.807) is 7.11 Å². The Hall–Kier alpha value is -1.26. The van der Waals surface area contributed by atoms with Gasteiger partial charge in [0.2, 0.25) is 0 Å². The summed E-state index contributed by atoms with van der Waals surface area (Å²) < 4.78 is 16.7. The van der Waals surface area contributed by atoms with Crippen molar-refractivity contribution in [2.45, 2.75) is 31.9 Å². The molecule has 100 valence electrons. The molecule has 1 unspecified atom stereocenters. The molecule has 4 heteroatoms. The van der Waals surface area contributed by atoms with Crippen molar-refractivity contribution in [1.82, 2.24) is 0 Å². The molecule has 1 aliphatic heterocycles. The van der Waals surface area contributed by atoms with Crippen LogP contribution >= 0.6 is 0 Å². The molecule has 1 aromatic rings. The van der Waals surface area contributed by atoms with Gasteiger partial charge in [-0.15, -0.1) is 0 Å². The zero-order valence-corrected chi connectivity index (χ0v) is 11.0. The normalized spacial score (nSPS) is 21.4. The lowest BCUT2D eigenvalue weighted by molar-refractivity contribution is 0.00686. The topological polar surface area (TPSA) is 53.7 Å². The summed E-state index contributed by atoms with van der Waals surface area (Å²) in [6.07, 6.45) is 2.18. The Balaban J connectivity index is 2.17. The predicted molar refractivity (Wildman–Crippen MR) is 70.1 cm³/mol. The van der Waals surface area contributed by atoms with Gasteiger partial charge < -0.3 is 19.9 Å². The largest absolute Gasteiger partial charge is 0.497 e. The van der Waals surface area contributed by atoms with Gasteiger partial charge in [-0.1, -0.05) is 6.07 Å². The van der Waals surface area contributed by atoms with Crippen LogP contribution in [0.2, 0.25) is 0 Å². The van der Waals surface area contributed by atoms with Crippen LogP contribution in [0.1, 0.15) is 31.4 Å². The number of benzene rings is 1. The number of hydrogen-bond acceptors (Lipinski definition) is 4. The average molecular weight is 251 g/mol. The monoisotopic (exact) mass is 251 g/mol. The van der Waals surface area contributed by atoms with Crippen molar-refractivity contribution in [3.63, 3.8) is 0 Å². The molecule has 0 aliphatic carbocycles. The van der Waals surface area contributed by atoms with Gasteiger partial charge in [0.05, 0.1) is 13.7 Å². The summed E-state index contributed by atoms with van der Waals surface area (Å²) in [6, 6.07) is 5.70. The first kappa shape index (κ1) is 13.2. The molecule has 1 heterocycles. The Morgan fingerprint density at radius 3 is 2.89 bits per heavy atom. The van der Waals surface area contributed by atoms with Gasteiger partial charge in [-0.2, -0.15) is 0 Å². The van der Waals surface area contributed by atoms with E-state index in [-0.39, 0.29) is 12.1 Å².